The highest BCUT2D eigenvalue weighted by molar-refractivity contribution is 5.85. The number of aromatic nitrogens is 1. The standard InChI is InChI=1S/C22H33NO4/c1-16(2)12-17(3)22(18(4)24,27-15-25-5)14-21-13-20(6-9-23-21)19-7-10-26-11-8-19/h6-7,9,13,16-17H,8,10-12,14-15H2,1-5H3/t17-,22+/m0/s1. The number of ether oxygens (including phenoxy) is 3. The summed E-state index contributed by atoms with van der Waals surface area (Å²) in [6, 6.07) is 4.09. The van der Waals surface area contributed by atoms with E-state index in [4.69, 9.17) is 14.2 Å². The van der Waals surface area contributed by atoms with Crippen LogP contribution < -0.4 is 0 Å². The summed E-state index contributed by atoms with van der Waals surface area (Å²) in [6.45, 7) is 9.49. The molecule has 1 aliphatic rings. The number of carbonyl (C=O) groups is 1. The van der Waals surface area contributed by atoms with Crippen molar-refractivity contribution in [2.24, 2.45) is 11.8 Å². The Labute approximate surface area is 163 Å². The van der Waals surface area contributed by atoms with E-state index >= 15 is 0 Å². The molecule has 0 fully saturated rings. The number of ketones is 1. The van der Waals surface area contributed by atoms with Crippen LogP contribution in [0.2, 0.25) is 0 Å². The number of hydrogen-bond donors (Lipinski definition) is 0. The predicted octanol–water partition coefficient (Wildman–Crippen LogP) is 4.06. The monoisotopic (exact) mass is 375 g/mol. The van der Waals surface area contributed by atoms with Crippen LogP contribution in [0.4, 0.5) is 0 Å². The molecule has 0 radical (unpaired) electrons. The zero-order valence-electron chi connectivity index (χ0n) is 17.3. The highest BCUT2D eigenvalue weighted by Crippen LogP contribution is 2.33. The van der Waals surface area contributed by atoms with Crippen molar-refractivity contribution in [3.63, 3.8) is 0 Å². The first kappa shape index (κ1) is 21.7. The molecule has 0 aromatic carbocycles. The highest BCUT2D eigenvalue weighted by atomic mass is 16.7. The Morgan fingerprint density at radius 2 is 2.15 bits per heavy atom. The molecule has 0 aliphatic carbocycles. The fourth-order valence-electron chi connectivity index (χ4n) is 3.84. The van der Waals surface area contributed by atoms with E-state index < -0.39 is 5.60 Å². The third-order valence-electron chi connectivity index (χ3n) is 5.25. The average molecular weight is 376 g/mol. The Hall–Kier alpha value is -1.56. The second-order valence-electron chi connectivity index (χ2n) is 7.79. The zero-order valence-corrected chi connectivity index (χ0v) is 17.3. The van der Waals surface area contributed by atoms with Gasteiger partial charge in [-0.1, -0.05) is 26.8 Å². The molecular formula is C22H33NO4. The minimum atomic E-state index is -0.935. The number of carbonyl (C=O) groups excluding carboxylic acids is 1. The van der Waals surface area contributed by atoms with E-state index in [-0.39, 0.29) is 18.5 Å². The van der Waals surface area contributed by atoms with Gasteiger partial charge in [0, 0.05) is 25.4 Å². The first-order valence-corrected chi connectivity index (χ1v) is 9.75. The van der Waals surface area contributed by atoms with Gasteiger partial charge in [0.05, 0.1) is 13.2 Å². The minimum absolute atomic E-state index is 0.0187. The number of methoxy groups -OCH3 is 1. The number of nitrogens with zero attached hydrogens (tertiary/aromatic N) is 1. The van der Waals surface area contributed by atoms with Gasteiger partial charge in [-0.15, -0.1) is 0 Å². The van der Waals surface area contributed by atoms with E-state index in [0.29, 0.717) is 18.9 Å². The second-order valence-corrected chi connectivity index (χ2v) is 7.79. The summed E-state index contributed by atoms with van der Waals surface area (Å²) in [5, 5.41) is 0. The number of hydrogen-bond acceptors (Lipinski definition) is 5. The smallest absolute Gasteiger partial charge is 0.162 e. The van der Waals surface area contributed by atoms with Gasteiger partial charge in [0.25, 0.3) is 0 Å². The quantitative estimate of drug-likeness (QED) is 0.577. The van der Waals surface area contributed by atoms with Gasteiger partial charge < -0.3 is 14.2 Å². The van der Waals surface area contributed by atoms with Gasteiger partial charge in [0.15, 0.2) is 5.78 Å². The van der Waals surface area contributed by atoms with Gasteiger partial charge in [0.2, 0.25) is 0 Å². The Kier molecular flexibility index (Phi) is 8.14. The van der Waals surface area contributed by atoms with Crippen molar-refractivity contribution in [2.45, 2.75) is 52.6 Å². The van der Waals surface area contributed by atoms with Crippen LogP contribution in [0.3, 0.4) is 0 Å². The summed E-state index contributed by atoms with van der Waals surface area (Å²) in [5.74, 6) is 0.541. The van der Waals surface area contributed by atoms with E-state index in [1.54, 1.807) is 14.0 Å². The van der Waals surface area contributed by atoms with Gasteiger partial charge in [-0.3, -0.25) is 9.78 Å². The van der Waals surface area contributed by atoms with Gasteiger partial charge >= 0.3 is 0 Å². The molecule has 2 heterocycles. The summed E-state index contributed by atoms with van der Waals surface area (Å²) < 4.78 is 16.6. The lowest BCUT2D eigenvalue weighted by molar-refractivity contribution is -0.174. The minimum Gasteiger partial charge on any atom is -0.377 e. The van der Waals surface area contributed by atoms with E-state index in [9.17, 15) is 4.79 Å². The van der Waals surface area contributed by atoms with Crippen molar-refractivity contribution in [3.8, 4) is 0 Å². The molecule has 150 valence electrons. The van der Waals surface area contributed by atoms with Crippen LogP contribution in [-0.2, 0) is 25.4 Å². The Balaban J connectivity index is 2.33. The molecule has 0 unspecified atom stereocenters. The SMILES string of the molecule is COCO[C@@](Cc1cc(C2=CCOCC2)ccn1)(C(C)=O)[C@@H](C)CC(C)C. The van der Waals surface area contributed by atoms with Crippen LogP contribution in [0.15, 0.2) is 24.4 Å². The van der Waals surface area contributed by atoms with Crippen molar-refractivity contribution in [2.75, 3.05) is 27.1 Å². The van der Waals surface area contributed by atoms with E-state index in [2.05, 4.69) is 37.9 Å². The van der Waals surface area contributed by atoms with E-state index in [1.165, 1.54) is 5.57 Å². The molecule has 0 saturated heterocycles. The van der Waals surface area contributed by atoms with Gasteiger partial charge in [0.1, 0.15) is 12.4 Å². The first-order chi connectivity index (χ1) is 12.9. The molecule has 0 amide bonds. The maximum absolute atomic E-state index is 12.7. The molecule has 27 heavy (non-hydrogen) atoms. The van der Waals surface area contributed by atoms with Crippen LogP contribution in [0.5, 0.6) is 0 Å². The summed E-state index contributed by atoms with van der Waals surface area (Å²) in [5.41, 5.74) is 2.34. The molecular weight excluding hydrogens is 342 g/mol. The van der Waals surface area contributed by atoms with Crippen LogP contribution in [-0.4, -0.2) is 43.5 Å². The summed E-state index contributed by atoms with van der Waals surface area (Å²) in [6.07, 6.45) is 6.16. The van der Waals surface area contributed by atoms with Crippen molar-refractivity contribution in [1.82, 2.24) is 4.98 Å². The van der Waals surface area contributed by atoms with Crippen LogP contribution in [0, 0.1) is 11.8 Å². The largest absolute Gasteiger partial charge is 0.377 e. The predicted molar refractivity (Wildman–Crippen MR) is 106 cm³/mol. The normalized spacial score (nSPS) is 18.1. The topological polar surface area (TPSA) is 57.6 Å². The van der Waals surface area contributed by atoms with Gasteiger partial charge in [-0.2, -0.15) is 0 Å². The lowest BCUT2D eigenvalue weighted by atomic mass is 9.77. The molecule has 1 aromatic rings. The van der Waals surface area contributed by atoms with Crippen LogP contribution in [0.25, 0.3) is 5.57 Å². The Morgan fingerprint density at radius 3 is 2.74 bits per heavy atom. The lowest BCUT2D eigenvalue weighted by Crippen LogP contribution is -2.49. The summed E-state index contributed by atoms with van der Waals surface area (Å²) in [4.78, 5) is 17.3. The molecule has 5 heteroatoms. The van der Waals surface area contributed by atoms with Crippen molar-refractivity contribution < 1.29 is 19.0 Å². The third-order valence-corrected chi connectivity index (χ3v) is 5.25. The Bertz CT molecular complexity index is 655. The zero-order chi connectivity index (χ0) is 19.9. The molecule has 2 atom stereocenters. The second kappa shape index (κ2) is 10.1. The summed E-state index contributed by atoms with van der Waals surface area (Å²) in [7, 11) is 1.58. The van der Waals surface area contributed by atoms with Crippen LogP contribution >= 0.6 is 0 Å². The lowest BCUT2D eigenvalue weighted by Gasteiger charge is -2.37. The number of rotatable bonds is 10. The number of Topliss-reactive ketones (excluding diaryl/α,β-unsaturated/α-hetero) is 1. The van der Waals surface area contributed by atoms with Gasteiger partial charge in [-0.05, 0) is 54.9 Å². The molecule has 0 bridgehead atoms. The molecule has 5 nitrogen and oxygen atoms in total. The maximum Gasteiger partial charge on any atom is 0.162 e. The average Bonchev–Trinajstić information content (AvgIpc) is 2.65. The van der Waals surface area contributed by atoms with Crippen LogP contribution in [0.1, 0.15) is 51.8 Å². The Morgan fingerprint density at radius 1 is 1.37 bits per heavy atom. The molecule has 1 aromatic heterocycles. The number of pyridine rings is 1. The van der Waals surface area contributed by atoms with E-state index in [1.807, 2.05) is 12.3 Å². The van der Waals surface area contributed by atoms with Crippen molar-refractivity contribution in [3.05, 3.63) is 35.7 Å². The highest BCUT2D eigenvalue weighted by Gasteiger charge is 2.43. The fourth-order valence-corrected chi connectivity index (χ4v) is 3.84. The van der Waals surface area contributed by atoms with E-state index in [0.717, 1.165) is 30.7 Å². The van der Waals surface area contributed by atoms with Crippen molar-refractivity contribution in [1.29, 1.82) is 0 Å². The maximum atomic E-state index is 12.7. The molecule has 0 N–H and O–H groups in total. The fraction of sp³-hybridized carbons (Fsp3) is 0.636. The molecule has 0 spiro atoms. The molecule has 2 rings (SSSR count). The third kappa shape index (κ3) is 5.71. The summed E-state index contributed by atoms with van der Waals surface area (Å²) >= 11 is 0. The molecule has 0 saturated carbocycles. The first-order valence-electron chi connectivity index (χ1n) is 9.75. The molecule has 1 aliphatic heterocycles. The van der Waals surface area contributed by atoms with Crippen molar-refractivity contribution >= 4 is 11.4 Å². The van der Waals surface area contributed by atoms with Gasteiger partial charge in [-0.25, -0.2) is 0 Å².